The van der Waals surface area contributed by atoms with E-state index in [1.165, 1.54) is 0 Å². The number of rotatable bonds is 3. The number of aliphatic hydroxyl groups excluding tert-OH is 1. The second-order valence-corrected chi connectivity index (χ2v) is 3.81. The number of carbonyl (C=O) groups is 1. The normalized spacial score (nSPS) is 14.9. The van der Waals surface area contributed by atoms with E-state index in [4.69, 9.17) is 4.74 Å². The van der Waals surface area contributed by atoms with Crippen LogP contribution in [0.5, 0.6) is 5.75 Å². The molecular formula is C12H12F2O4. The van der Waals surface area contributed by atoms with Gasteiger partial charge in [-0.15, -0.1) is 0 Å². The van der Waals surface area contributed by atoms with Crippen molar-refractivity contribution in [1.82, 2.24) is 0 Å². The summed E-state index contributed by atoms with van der Waals surface area (Å²) in [5.74, 6) is -2.87. The number of hydrogen-bond donors (Lipinski definition) is 1. The molecule has 0 saturated heterocycles. The third-order valence-electron chi connectivity index (χ3n) is 2.71. The summed E-state index contributed by atoms with van der Waals surface area (Å²) in [6, 6.07) is 0.599. The summed E-state index contributed by atoms with van der Waals surface area (Å²) in [6.45, 7) is 1.83. The molecule has 6 heteroatoms. The topological polar surface area (TPSA) is 55.8 Å². The quantitative estimate of drug-likeness (QED) is 0.835. The van der Waals surface area contributed by atoms with Crippen molar-refractivity contribution < 1.29 is 28.2 Å². The van der Waals surface area contributed by atoms with E-state index >= 15 is 0 Å². The van der Waals surface area contributed by atoms with Gasteiger partial charge in [-0.3, -0.25) is 0 Å². The van der Waals surface area contributed by atoms with E-state index in [1.807, 2.05) is 0 Å². The monoisotopic (exact) mass is 258 g/mol. The first-order valence-electron chi connectivity index (χ1n) is 5.54. The fourth-order valence-electron chi connectivity index (χ4n) is 1.96. The lowest BCUT2D eigenvalue weighted by Crippen LogP contribution is -2.18. The van der Waals surface area contributed by atoms with Gasteiger partial charge in [-0.2, -0.15) is 0 Å². The molecule has 0 bridgehead atoms. The molecule has 1 aromatic carbocycles. The molecule has 0 saturated carbocycles. The first-order valence-corrected chi connectivity index (χ1v) is 5.54. The Balaban J connectivity index is 2.45. The van der Waals surface area contributed by atoms with Gasteiger partial charge in [-0.25, -0.2) is 13.6 Å². The average molecular weight is 258 g/mol. The number of hydrogen-bond acceptors (Lipinski definition) is 4. The summed E-state index contributed by atoms with van der Waals surface area (Å²) in [4.78, 5) is 11.4. The molecular weight excluding hydrogens is 246 g/mol. The van der Waals surface area contributed by atoms with Crippen molar-refractivity contribution in [3.63, 3.8) is 0 Å². The molecule has 0 aromatic heterocycles. The summed E-state index contributed by atoms with van der Waals surface area (Å²) in [7, 11) is 0. The molecule has 1 aromatic rings. The van der Waals surface area contributed by atoms with Gasteiger partial charge in [0, 0.05) is 23.6 Å². The van der Waals surface area contributed by atoms with Gasteiger partial charge < -0.3 is 14.6 Å². The SMILES string of the molecule is CCOC(=O)C(O)c1c(F)cc(F)c2c1CCO2. The van der Waals surface area contributed by atoms with Crippen molar-refractivity contribution in [3.05, 3.63) is 28.8 Å². The third kappa shape index (κ3) is 2.03. The van der Waals surface area contributed by atoms with Crippen molar-refractivity contribution in [2.45, 2.75) is 19.4 Å². The molecule has 0 amide bonds. The fraction of sp³-hybridized carbons (Fsp3) is 0.417. The number of ether oxygens (including phenoxy) is 2. The molecule has 4 nitrogen and oxygen atoms in total. The lowest BCUT2D eigenvalue weighted by atomic mass is 9.99. The number of benzene rings is 1. The Kier molecular flexibility index (Phi) is 3.47. The maximum absolute atomic E-state index is 13.7. The van der Waals surface area contributed by atoms with E-state index in [0.717, 1.165) is 0 Å². The molecule has 1 N–H and O–H groups in total. The minimum absolute atomic E-state index is 0.0669. The lowest BCUT2D eigenvalue weighted by molar-refractivity contribution is -0.153. The van der Waals surface area contributed by atoms with E-state index in [-0.39, 0.29) is 36.5 Å². The molecule has 1 unspecified atom stereocenters. The molecule has 98 valence electrons. The van der Waals surface area contributed by atoms with Gasteiger partial charge in [0.2, 0.25) is 0 Å². The fourth-order valence-corrected chi connectivity index (χ4v) is 1.96. The Morgan fingerprint density at radius 2 is 2.28 bits per heavy atom. The number of carbonyl (C=O) groups excluding carboxylic acids is 1. The summed E-state index contributed by atoms with van der Waals surface area (Å²) >= 11 is 0. The van der Waals surface area contributed by atoms with E-state index in [9.17, 15) is 18.7 Å². The summed E-state index contributed by atoms with van der Waals surface area (Å²) < 4.78 is 36.7. The van der Waals surface area contributed by atoms with Crippen LogP contribution in [0.2, 0.25) is 0 Å². The molecule has 1 heterocycles. The van der Waals surface area contributed by atoms with E-state index in [2.05, 4.69) is 4.74 Å². The molecule has 0 spiro atoms. The first kappa shape index (κ1) is 12.8. The third-order valence-corrected chi connectivity index (χ3v) is 2.71. The Bertz CT molecular complexity index is 487. The maximum Gasteiger partial charge on any atom is 0.339 e. The van der Waals surface area contributed by atoms with Crippen LogP contribution in [0.15, 0.2) is 6.07 Å². The van der Waals surface area contributed by atoms with Crippen molar-refractivity contribution in [2.24, 2.45) is 0 Å². The first-order chi connectivity index (χ1) is 8.56. The minimum atomic E-state index is -1.76. The summed E-state index contributed by atoms with van der Waals surface area (Å²) in [6.07, 6.45) is -1.52. The molecule has 2 rings (SSSR count). The molecule has 1 aliphatic heterocycles. The van der Waals surface area contributed by atoms with Crippen molar-refractivity contribution >= 4 is 5.97 Å². The minimum Gasteiger partial charge on any atom is -0.490 e. The van der Waals surface area contributed by atoms with Crippen LogP contribution in [0.4, 0.5) is 8.78 Å². The van der Waals surface area contributed by atoms with Crippen LogP contribution in [0.25, 0.3) is 0 Å². The van der Waals surface area contributed by atoms with Gasteiger partial charge >= 0.3 is 5.97 Å². The van der Waals surface area contributed by atoms with Gasteiger partial charge in [-0.05, 0) is 6.92 Å². The Morgan fingerprint density at radius 1 is 1.56 bits per heavy atom. The van der Waals surface area contributed by atoms with Crippen molar-refractivity contribution in [1.29, 1.82) is 0 Å². The van der Waals surface area contributed by atoms with Crippen LogP contribution < -0.4 is 4.74 Å². The van der Waals surface area contributed by atoms with E-state index in [0.29, 0.717) is 6.07 Å². The molecule has 0 radical (unpaired) electrons. The molecule has 1 atom stereocenters. The van der Waals surface area contributed by atoms with Gasteiger partial charge in [0.05, 0.1) is 13.2 Å². The second kappa shape index (κ2) is 4.89. The zero-order valence-corrected chi connectivity index (χ0v) is 9.70. The van der Waals surface area contributed by atoms with Gasteiger partial charge in [-0.1, -0.05) is 0 Å². The zero-order valence-electron chi connectivity index (χ0n) is 9.70. The highest BCUT2D eigenvalue weighted by Crippen LogP contribution is 2.36. The maximum atomic E-state index is 13.7. The predicted octanol–water partition coefficient (Wildman–Crippen LogP) is 1.50. The zero-order chi connectivity index (χ0) is 13.3. The number of aliphatic hydroxyl groups is 1. The van der Waals surface area contributed by atoms with Crippen LogP contribution in [-0.4, -0.2) is 24.3 Å². The van der Waals surface area contributed by atoms with Crippen molar-refractivity contribution in [2.75, 3.05) is 13.2 Å². The highest BCUT2D eigenvalue weighted by Gasteiger charge is 2.31. The van der Waals surface area contributed by atoms with Gasteiger partial charge in [0.15, 0.2) is 17.7 Å². The van der Waals surface area contributed by atoms with Crippen LogP contribution in [0, 0.1) is 11.6 Å². The second-order valence-electron chi connectivity index (χ2n) is 3.81. The van der Waals surface area contributed by atoms with Crippen LogP contribution >= 0.6 is 0 Å². The van der Waals surface area contributed by atoms with Gasteiger partial charge in [0.25, 0.3) is 0 Å². The number of esters is 1. The highest BCUT2D eigenvalue weighted by molar-refractivity contribution is 5.77. The Morgan fingerprint density at radius 3 is 2.94 bits per heavy atom. The Labute approximate surface area is 102 Å². The van der Waals surface area contributed by atoms with Gasteiger partial charge in [0.1, 0.15) is 5.82 Å². The van der Waals surface area contributed by atoms with Crippen LogP contribution in [0.1, 0.15) is 24.2 Å². The summed E-state index contributed by atoms with van der Waals surface area (Å²) in [5, 5.41) is 9.76. The molecule has 0 fully saturated rings. The van der Waals surface area contributed by atoms with E-state index < -0.39 is 23.7 Å². The molecule has 1 aliphatic rings. The van der Waals surface area contributed by atoms with Crippen molar-refractivity contribution in [3.8, 4) is 5.75 Å². The number of halogens is 2. The lowest BCUT2D eigenvalue weighted by Gasteiger charge is -2.14. The highest BCUT2D eigenvalue weighted by atomic mass is 19.1. The Hall–Kier alpha value is -1.69. The number of fused-ring (bicyclic) bond motifs is 1. The largest absolute Gasteiger partial charge is 0.490 e. The molecule has 18 heavy (non-hydrogen) atoms. The smallest absolute Gasteiger partial charge is 0.339 e. The van der Waals surface area contributed by atoms with Crippen LogP contribution in [-0.2, 0) is 16.0 Å². The van der Waals surface area contributed by atoms with Crippen LogP contribution in [0.3, 0.4) is 0 Å². The average Bonchev–Trinajstić information content (AvgIpc) is 2.78. The van der Waals surface area contributed by atoms with E-state index in [1.54, 1.807) is 6.92 Å². The standard InChI is InChI=1S/C12H12F2O4/c1-2-17-12(16)10(15)9-6-3-4-18-11(6)8(14)5-7(9)13/h5,10,15H,2-4H2,1H3. The summed E-state index contributed by atoms with van der Waals surface area (Å²) in [5.41, 5.74) is -0.0737. The molecule has 0 aliphatic carbocycles. The predicted molar refractivity (Wildman–Crippen MR) is 57.1 cm³/mol.